The summed E-state index contributed by atoms with van der Waals surface area (Å²) in [6.45, 7) is -10.3. The van der Waals surface area contributed by atoms with Crippen molar-refractivity contribution in [3.8, 4) is 0 Å². The lowest BCUT2D eigenvalue weighted by Gasteiger charge is -2.28. The summed E-state index contributed by atoms with van der Waals surface area (Å²) >= 11 is 7.83. The molecular weight excluding hydrogens is 650 g/mol. The normalized spacial score (nSPS) is 39.3. The molecule has 23 heteroatoms. The average Bonchev–Trinajstić information content (AvgIpc) is 3.57. The van der Waals surface area contributed by atoms with Crippen LogP contribution < -0.4 is 17.0 Å². The third-order valence-corrected chi connectivity index (χ3v) is 9.86. The van der Waals surface area contributed by atoms with E-state index in [1.165, 1.54) is 10.9 Å². The van der Waals surface area contributed by atoms with Gasteiger partial charge in [0.25, 0.3) is 5.56 Å². The number of aromatic nitrogens is 6. The van der Waals surface area contributed by atoms with Crippen LogP contribution in [-0.4, -0.2) is 79.0 Å². The Kier molecular flexibility index (Phi) is 7.87. The van der Waals surface area contributed by atoms with Gasteiger partial charge in [-0.15, -0.1) is 0 Å². The number of nitrogens with two attached hydrogens (primary N) is 1. The first kappa shape index (κ1) is 29.9. The summed E-state index contributed by atoms with van der Waals surface area (Å²) in [4.78, 5) is 37.6. The fourth-order valence-corrected chi connectivity index (χ4v) is 7.71. The lowest BCUT2D eigenvalue weighted by atomic mass is 10.1. The highest BCUT2D eigenvalue weighted by molar-refractivity contribution is 8.44. The Hall–Kier alpha value is -2.19. The van der Waals surface area contributed by atoms with E-state index >= 15 is 8.78 Å². The maximum absolute atomic E-state index is 15.9. The number of rotatable bonds is 2. The maximum atomic E-state index is 15.9. The second-order valence-corrected chi connectivity index (χ2v) is 15.0. The summed E-state index contributed by atoms with van der Waals surface area (Å²) in [6.07, 6.45) is -10.3. The number of nitrogen functional groups attached to an aromatic ring is 1. The third kappa shape index (κ3) is 5.58. The van der Waals surface area contributed by atoms with Gasteiger partial charge in [-0.25, -0.2) is 37.7 Å². The molecule has 2 unspecified atom stereocenters. The lowest BCUT2D eigenvalue weighted by molar-refractivity contribution is -0.0558. The van der Waals surface area contributed by atoms with Gasteiger partial charge < -0.3 is 15.2 Å². The van der Waals surface area contributed by atoms with Crippen molar-refractivity contribution in [1.29, 1.82) is 0 Å². The fourth-order valence-electron chi connectivity index (χ4n) is 4.74. The zero-order chi connectivity index (χ0) is 30.0. The molecule has 42 heavy (non-hydrogen) atoms. The molecule has 3 fully saturated rings. The highest BCUT2D eigenvalue weighted by atomic mass is 32.7. The van der Waals surface area contributed by atoms with Gasteiger partial charge in [-0.2, -0.15) is 0 Å². The van der Waals surface area contributed by atoms with Gasteiger partial charge in [0, 0.05) is 12.3 Å². The van der Waals surface area contributed by atoms with Gasteiger partial charge in [-0.3, -0.25) is 37.0 Å². The van der Waals surface area contributed by atoms with Crippen molar-refractivity contribution in [3.63, 3.8) is 0 Å². The van der Waals surface area contributed by atoms with Crippen LogP contribution in [-0.2, 0) is 36.7 Å². The molecule has 0 spiro atoms. The number of imidazole rings is 1. The molecule has 3 aliphatic rings. The van der Waals surface area contributed by atoms with Gasteiger partial charge in [0.1, 0.15) is 36.3 Å². The van der Waals surface area contributed by atoms with Crippen molar-refractivity contribution in [1.82, 2.24) is 29.1 Å². The SMILES string of the molecule is Nc1ncnc2c1ncn2[C@@H]1O[C@@H]2COP(=O)(S)O[C@@H]3[C@H](F)[C@H](n4ccc(=O)[nH]c4=O)O[C@@H]3COP(=O)(S)O[C@@H]2[C@@H]1F. The Balaban J connectivity index is 1.28. The molecule has 6 heterocycles. The number of nitrogens with one attached hydrogen (secondary N) is 1. The molecule has 3 aromatic rings. The zero-order valence-corrected chi connectivity index (χ0v) is 24.4. The predicted octanol–water partition coefficient (Wildman–Crippen LogP) is 1.32. The molecule has 3 aromatic heterocycles. The van der Waals surface area contributed by atoms with Crippen molar-refractivity contribution in [2.24, 2.45) is 0 Å². The molecule has 228 valence electrons. The summed E-state index contributed by atoms with van der Waals surface area (Å²) < 4.78 is 92.5. The molecule has 0 amide bonds. The molecule has 0 aliphatic carbocycles. The minimum absolute atomic E-state index is 0.0336. The quantitative estimate of drug-likeness (QED) is 0.224. The molecule has 0 saturated carbocycles. The highest BCUT2D eigenvalue weighted by Crippen LogP contribution is 2.60. The summed E-state index contributed by atoms with van der Waals surface area (Å²) in [5.41, 5.74) is 4.35. The van der Waals surface area contributed by atoms with Crippen molar-refractivity contribution >= 4 is 55.1 Å². The van der Waals surface area contributed by atoms with Crippen LogP contribution in [0.2, 0.25) is 0 Å². The molecule has 0 radical (unpaired) electrons. The smallest absolute Gasteiger partial charge is 0.382 e. The van der Waals surface area contributed by atoms with Crippen LogP contribution in [0.3, 0.4) is 0 Å². The number of hydrogen-bond acceptors (Lipinski definition) is 14. The van der Waals surface area contributed by atoms with Crippen LogP contribution in [0.4, 0.5) is 14.6 Å². The lowest BCUT2D eigenvalue weighted by Crippen LogP contribution is -2.37. The Morgan fingerprint density at radius 2 is 1.50 bits per heavy atom. The van der Waals surface area contributed by atoms with E-state index in [1.54, 1.807) is 0 Å². The minimum atomic E-state index is -4.44. The first-order chi connectivity index (χ1) is 19.8. The number of alkyl halides is 2. The van der Waals surface area contributed by atoms with Crippen LogP contribution >= 0.6 is 38.1 Å². The largest absolute Gasteiger partial charge is 0.386 e. The molecule has 3 N–H and O–H groups in total. The van der Waals surface area contributed by atoms with E-state index < -0.39 is 87.3 Å². The number of fused-ring (bicyclic) bond motifs is 3. The highest BCUT2D eigenvalue weighted by Gasteiger charge is 2.54. The Morgan fingerprint density at radius 1 is 0.929 bits per heavy atom. The van der Waals surface area contributed by atoms with E-state index in [0.717, 1.165) is 23.2 Å². The van der Waals surface area contributed by atoms with Crippen molar-refractivity contribution in [2.45, 2.75) is 49.2 Å². The summed E-state index contributed by atoms with van der Waals surface area (Å²) in [5, 5.41) is 0. The van der Waals surface area contributed by atoms with Crippen molar-refractivity contribution in [2.75, 3.05) is 18.9 Å². The first-order valence-electron chi connectivity index (χ1n) is 12.0. The standard InChI is InChI=1S/C19H21F2N7O10P2S2/c20-10-13-7(35-17(10)27-2-1-9(29)26-19(27)30)3-33-40(32,42)38-14-8(4-34-39(31,41)37-13)36-18(11(14)21)28-6-25-12-15(22)23-5-24-16(12)28/h1-2,5-8,10-11,13-14,17-18H,3-4H2,(H,31,41)(H,32,42)(H2,22,23,24)(H,26,29,30)/t7-,8-,10+,11+,13+,14+,17-,18-,39?,40?/m1/s1. The fraction of sp³-hybridized carbons (Fsp3) is 0.526. The van der Waals surface area contributed by atoms with Gasteiger partial charge in [-0.1, -0.05) is 24.5 Å². The molecule has 0 bridgehead atoms. The zero-order valence-electron chi connectivity index (χ0n) is 20.8. The molecular formula is C19H21F2N7O10P2S2. The average molecular weight is 671 g/mol. The Labute approximate surface area is 243 Å². The van der Waals surface area contributed by atoms with E-state index in [9.17, 15) is 18.7 Å². The maximum Gasteiger partial charge on any atom is 0.386 e. The van der Waals surface area contributed by atoms with E-state index in [-0.39, 0.29) is 17.0 Å². The second kappa shape index (κ2) is 11.1. The number of nitrogens with zero attached hydrogens (tertiary/aromatic N) is 5. The Morgan fingerprint density at radius 3 is 2.07 bits per heavy atom. The van der Waals surface area contributed by atoms with Gasteiger partial charge in [0.2, 0.25) is 0 Å². The summed E-state index contributed by atoms with van der Waals surface area (Å²) in [5.74, 6) is 0.0336. The monoisotopic (exact) mass is 671 g/mol. The number of H-pyrrole nitrogens is 1. The van der Waals surface area contributed by atoms with Crippen LogP contribution in [0.1, 0.15) is 12.5 Å². The summed E-state index contributed by atoms with van der Waals surface area (Å²) in [7, 11) is 0. The molecule has 3 aliphatic heterocycles. The number of thiol groups is 2. The number of halogens is 2. The van der Waals surface area contributed by atoms with E-state index in [2.05, 4.69) is 39.4 Å². The molecule has 17 nitrogen and oxygen atoms in total. The van der Waals surface area contributed by atoms with Crippen LogP contribution in [0.15, 0.2) is 34.5 Å². The first-order valence-corrected chi connectivity index (χ1v) is 17.4. The van der Waals surface area contributed by atoms with Gasteiger partial charge in [0.05, 0.1) is 19.5 Å². The van der Waals surface area contributed by atoms with Crippen molar-refractivity contribution < 1.29 is 45.5 Å². The van der Waals surface area contributed by atoms with Gasteiger partial charge in [-0.05, 0) is 0 Å². The third-order valence-electron chi connectivity index (χ3n) is 6.63. The van der Waals surface area contributed by atoms with Gasteiger partial charge in [0.15, 0.2) is 36.3 Å². The van der Waals surface area contributed by atoms with E-state index in [1.807, 2.05) is 4.98 Å². The van der Waals surface area contributed by atoms with E-state index in [0.29, 0.717) is 0 Å². The number of hydrogen-bond donors (Lipinski definition) is 4. The Bertz CT molecular complexity index is 1730. The minimum Gasteiger partial charge on any atom is -0.382 e. The molecule has 6 rings (SSSR count). The van der Waals surface area contributed by atoms with Crippen molar-refractivity contribution in [3.05, 3.63) is 45.8 Å². The number of ether oxygens (including phenoxy) is 2. The molecule has 0 aromatic carbocycles. The summed E-state index contributed by atoms with van der Waals surface area (Å²) in [6, 6.07) is 0.954. The van der Waals surface area contributed by atoms with Crippen LogP contribution in [0, 0.1) is 0 Å². The molecule has 3 saturated heterocycles. The van der Waals surface area contributed by atoms with E-state index in [4.69, 9.17) is 33.3 Å². The van der Waals surface area contributed by atoms with Gasteiger partial charge >= 0.3 is 19.3 Å². The topological polar surface area (TPSA) is 214 Å². The second-order valence-electron chi connectivity index (χ2n) is 9.29. The number of aromatic amines is 1. The predicted molar refractivity (Wildman–Crippen MR) is 144 cm³/mol. The van der Waals surface area contributed by atoms with Crippen LogP contribution in [0.25, 0.3) is 11.2 Å². The molecule has 10 atom stereocenters. The van der Waals surface area contributed by atoms with Crippen LogP contribution in [0.5, 0.6) is 0 Å². The number of anilines is 1.